The van der Waals surface area contributed by atoms with Crippen LogP contribution in [0.1, 0.15) is 71.3 Å². The van der Waals surface area contributed by atoms with Crippen molar-refractivity contribution < 1.29 is 14.6 Å². The number of carboxylic acid groups (broad SMARTS) is 1. The van der Waals surface area contributed by atoms with Crippen molar-refractivity contribution >= 4 is 28.7 Å². The van der Waals surface area contributed by atoms with Gasteiger partial charge in [0.05, 0.1) is 12.2 Å². The molecule has 0 fully saturated rings. The van der Waals surface area contributed by atoms with Crippen molar-refractivity contribution in [1.82, 2.24) is 0 Å². The van der Waals surface area contributed by atoms with Gasteiger partial charge in [-0.3, -0.25) is 0 Å². The second-order valence-electron chi connectivity index (χ2n) is 9.22. The van der Waals surface area contributed by atoms with E-state index in [1.807, 2.05) is 36.4 Å². The van der Waals surface area contributed by atoms with Gasteiger partial charge in [0, 0.05) is 5.02 Å². The minimum Gasteiger partial charge on any atom is -0.493 e. The second kappa shape index (κ2) is 10.5. The predicted octanol–water partition coefficient (Wildman–Crippen LogP) is 8.07. The fourth-order valence-electron chi connectivity index (χ4n) is 4.82. The van der Waals surface area contributed by atoms with Crippen molar-refractivity contribution in [3.05, 3.63) is 99.1 Å². The van der Waals surface area contributed by atoms with Gasteiger partial charge in [0.1, 0.15) is 5.75 Å². The highest BCUT2D eigenvalue weighted by atomic mass is 35.5. The van der Waals surface area contributed by atoms with E-state index < -0.39 is 5.97 Å². The number of benzene rings is 3. The molecule has 0 radical (unpaired) electrons. The molecule has 0 saturated heterocycles. The van der Waals surface area contributed by atoms with E-state index in [1.54, 1.807) is 6.07 Å². The minimum absolute atomic E-state index is 0.328. The van der Waals surface area contributed by atoms with E-state index in [0.717, 1.165) is 64.3 Å². The summed E-state index contributed by atoms with van der Waals surface area (Å²) < 4.78 is 6.02. The molecule has 176 valence electrons. The number of ether oxygens (including phenoxy) is 1. The summed E-state index contributed by atoms with van der Waals surface area (Å²) in [5.74, 6) is 0.501. The maximum atomic E-state index is 11.6. The molecule has 3 aromatic carbocycles. The van der Waals surface area contributed by atoms with Crippen LogP contribution in [0.3, 0.4) is 0 Å². The third-order valence-electron chi connectivity index (χ3n) is 6.54. The molecule has 0 aliphatic heterocycles. The van der Waals surface area contributed by atoms with Gasteiger partial charge >= 0.3 is 5.97 Å². The highest BCUT2D eigenvalue weighted by Crippen LogP contribution is 2.42. The fourth-order valence-corrected chi connectivity index (χ4v) is 5.05. The number of aromatic carboxylic acids is 1. The molecule has 3 aromatic rings. The molecule has 0 saturated carbocycles. The minimum atomic E-state index is -0.897. The van der Waals surface area contributed by atoms with Crippen molar-refractivity contribution in [2.75, 3.05) is 6.61 Å². The molecule has 0 bridgehead atoms. The number of hydrogen-bond acceptors (Lipinski definition) is 2. The van der Waals surface area contributed by atoms with Crippen LogP contribution in [0.5, 0.6) is 5.75 Å². The van der Waals surface area contributed by atoms with Gasteiger partial charge in [-0.15, -0.1) is 0 Å². The van der Waals surface area contributed by atoms with Crippen LogP contribution in [0.15, 0.2) is 60.7 Å². The van der Waals surface area contributed by atoms with Crippen LogP contribution in [0.2, 0.25) is 5.02 Å². The Morgan fingerprint density at radius 2 is 1.76 bits per heavy atom. The van der Waals surface area contributed by atoms with Gasteiger partial charge in [-0.2, -0.15) is 0 Å². The first-order chi connectivity index (χ1) is 16.4. The number of carbonyl (C=O) groups is 1. The molecule has 1 aliphatic rings. The van der Waals surface area contributed by atoms with Crippen LogP contribution in [-0.2, 0) is 6.42 Å². The molecule has 1 N–H and O–H groups in total. The summed E-state index contributed by atoms with van der Waals surface area (Å²) in [7, 11) is 0. The number of rotatable bonds is 8. The summed E-state index contributed by atoms with van der Waals surface area (Å²) in [6.07, 6.45) is 3.95. The number of halogens is 1. The second-order valence-corrected chi connectivity index (χ2v) is 9.66. The zero-order chi connectivity index (χ0) is 24.2. The average molecular weight is 475 g/mol. The van der Waals surface area contributed by atoms with E-state index in [-0.39, 0.29) is 0 Å². The maximum Gasteiger partial charge on any atom is 0.335 e. The summed E-state index contributed by atoms with van der Waals surface area (Å²) in [6.45, 7) is 7.21. The zero-order valence-corrected chi connectivity index (χ0v) is 20.8. The Balaban J connectivity index is 1.77. The number of hydrogen-bond donors (Lipinski definition) is 1. The Kier molecular flexibility index (Phi) is 7.43. The van der Waals surface area contributed by atoms with E-state index >= 15 is 0 Å². The van der Waals surface area contributed by atoms with Crippen LogP contribution in [0.25, 0.3) is 11.1 Å². The first-order valence-electron chi connectivity index (χ1n) is 12.0. The Morgan fingerprint density at radius 3 is 2.44 bits per heavy atom. The van der Waals surface area contributed by atoms with Gasteiger partial charge in [0.25, 0.3) is 0 Å². The summed E-state index contributed by atoms with van der Waals surface area (Å²) in [4.78, 5) is 11.6. The van der Waals surface area contributed by atoms with E-state index in [1.165, 1.54) is 11.1 Å². The standard InChI is InChI=1S/C30H31ClO3/c1-4-5-19(2)18-34-25-11-6-21(7-12-25)29-27-13-9-23(30(32)33)17-22(27)8-14-28(29)26-15-10-24(31)16-20(26)3/h6-7,9-13,15-17,19H,4-5,8,14,18H2,1-3H3,(H,32,33)/t19-/m1/s1. The first kappa shape index (κ1) is 24.1. The summed E-state index contributed by atoms with van der Waals surface area (Å²) in [5, 5.41) is 10.2. The predicted molar refractivity (Wildman–Crippen MR) is 140 cm³/mol. The molecule has 1 aliphatic carbocycles. The molecule has 0 spiro atoms. The number of allylic oxidation sites excluding steroid dienone is 1. The Hall–Kier alpha value is -3.04. The van der Waals surface area contributed by atoms with E-state index in [4.69, 9.17) is 16.3 Å². The highest BCUT2D eigenvalue weighted by Gasteiger charge is 2.23. The smallest absolute Gasteiger partial charge is 0.335 e. The summed E-state index contributed by atoms with van der Waals surface area (Å²) in [6, 6.07) is 19.8. The molecule has 34 heavy (non-hydrogen) atoms. The van der Waals surface area contributed by atoms with Crippen LogP contribution in [-0.4, -0.2) is 17.7 Å². The fraction of sp³-hybridized carbons (Fsp3) is 0.300. The summed E-state index contributed by atoms with van der Waals surface area (Å²) in [5.41, 5.74) is 8.31. The van der Waals surface area contributed by atoms with Crippen LogP contribution in [0.4, 0.5) is 0 Å². The summed E-state index contributed by atoms with van der Waals surface area (Å²) >= 11 is 6.24. The van der Waals surface area contributed by atoms with Gasteiger partial charge in [-0.25, -0.2) is 4.79 Å². The molecular weight excluding hydrogens is 444 g/mol. The third kappa shape index (κ3) is 5.20. The number of fused-ring (bicyclic) bond motifs is 1. The molecule has 4 rings (SSSR count). The lowest BCUT2D eigenvalue weighted by Gasteiger charge is -2.26. The molecule has 4 heteroatoms. The lowest BCUT2D eigenvalue weighted by atomic mass is 9.78. The Bertz CT molecular complexity index is 1220. The van der Waals surface area contributed by atoms with E-state index in [9.17, 15) is 9.90 Å². The Morgan fingerprint density at radius 1 is 1.03 bits per heavy atom. The monoisotopic (exact) mass is 474 g/mol. The quantitative estimate of drug-likeness (QED) is 0.359. The van der Waals surface area contributed by atoms with Gasteiger partial charge in [-0.05, 0) is 107 Å². The van der Waals surface area contributed by atoms with Crippen molar-refractivity contribution in [2.45, 2.75) is 46.5 Å². The zero-order valence-electron chi connectivity index (χ0n) is 20.0. The van der Waals surface area contributed by atoms with E-state index in [0.29, 0.717) is 18.1 Å². The van der Waals surface area contributed by atoms with Gasteiger partial charge in [0.2, 0.25) is 0 Å². The van der Waals surface area contributed by atoms with Crippen LogP contribution in [0, 0.1) is 12.8 Å². The van der Waals surface area contributed by atoms with Crippen molar-refractivity contribution in [2.24, 2.45) is 5.92 Å². The molecule has 0 aromatic heterocycles. The number of aryl methyl sites for hydroxylation is 2. The molecular formula is C30H31ClO3. The highest BCUT2D eigenvalue weighted by molar-refractivity contribution is 6.30. The Labute approximate surface area is 207 Å². The maximum absolute atomic E-state index is 11.6. The largest absolute Gasteiger partial charge is 0.493 e. The lowest BCUT2D eigenvalue weighted by Crippen LogP contribution is -2.09. The normalized spacial score (nSPS) is 14.0. The van der Waals surface area contributed by atoms with Crippen LogP contribution < -0.4 is 4.74 Å². The van der Waals surface area contributed by atoms with Gasteiger partial charge < -0.3 is 9.84 Å². The van der Waals surface area contributed by atoms with Crippen LogP contribution >= 0.6 is 11.6 Å². The van der Waals surface area contributed by atoms with E-state index in [2.05, 4.69) is 39.0 Å². The van der Waals surface area contributed by atoms with Gasteiger partial charge in [-0.1, -0.05) is 56.1 Å². The van der Waals surface area contributed by atoms with Crippen molar-refractivity contribution in [3.8, 4) is 5.75 Å². The lowest BCUT2D eigenvalue weighted by molar-refractivity contribution is 0.0696. The molecule has 0 amide bonds. The molecule has 1 atom stereocenters. The number of carboxylic acids is 1. The topological polar surface area (TPSA) is 46.5 Å². The molecule has 3 nitrogen and oxygen atoms in total. The van der Waals surface area contributed by atoms with Crippen molar-refractivity contribution in [1.29, 1.82) is 0 Å². The molecule has 0 unspecified atom stereocenters. The third-order valence-corrected chi connectivity index (χ3v) is 6.78. The van der Waals surface area contributed by atoms with Gasteiger partial charge in [0.15, 0.2) is 0 Å². The molecule has 0 heterocycles. The average Bonchev–Trinajstić information content (AvgIpc) is 2.82. The first-order valence-corrected chi connectivity index (χ1v) is 12.3. The van der Waals surface area contributed by atoms with Crippen molar-refractivity contribution in [3.63, 3.8) is 0 Å². The SMILES string of the molecule is CCC[C@@H](C)COc1ccc(C2=C(c3ccc(Cl)cc3C)CCc3cc(C(=O)O)ccc32)cc1.